The number of nitrogens with one attached hydrogen (secondary N) is 2. The number of amides is 3. The van der Waals surface area contributed by atoms with Crippen LogP contribution in [0.25, 0.3) is 0 Å². The van der Waals surface area contributed by atoms with Gasteiger partial charge in [-0.25, -0.2) is 4.79 Å². The number of imide groups is 1. The number of hydrogen-bond donors (Lipinski definition) is 2. The van der Waals surface area contributed by atoms with E-state index in [0.29, 0.717) is 18.7 Å². The lowest BCUT2D eigenvalue weighted by Crippen LogP contribution is -2.42. The van der Waals surface area contributed by atoms with Crippen LogP contribution in [0.15, 0.2) is 52.7 Å². The van der Waals surface area contributed by atoms with E-state index in [1.165, 1.54) is 11.8 Å². The Morgan fingerprint density at radius 1 is 1.08 bits per heavy atom. The molecule has 0 spiro atoms. The molecule has 2 rings (SSSR count). The lowest BCUT2D eigenvalue weighted by Gasteiger charge is -2.07. The second kappa shape index (κ2) is 11.3. The van der Waals surface area contributed by atoms with Crippen molar-refractivity contribution in [3.05, 3.63) is 52.7 Å². The zero-order chi connectivity index (χ0) is 18.6. The van der Waals surface area contributed by atoms with Crippen LogP contribution in [-0.2, 0) is 20.7 Å². The predicted molar refractivity (Wildman–Crippen MR) is 102 cm³/mol. The molecule has 1 heterocycles. The van der Waals surface area contributed by atoms with Crippen molar-refractivity contribution in [2.24, 2.45) is 0 Å². The van der Waals surface area contributed by atoms with Crippen molar-refractivity contribution in [1.82, 2.24) is 10.6 Å². The van der Waals surface area contributed by atoms with Gasteiger partial charge in [0.25, 0.3) is 5.91 Å². The second-order valence-corrected chi connectivity index (χ2v) is 7.41. The van der Waals surface area contributed by atoms with E-state index < -0.39 is 24.5 Å². The second-order valence-electron chi connectivity index (χ2n) is 5.21. The Kier molecular flexibility index (Phi) is 8.71. The van der Waals surface area contributed by atoms with Crippen LogP contribution >= 0.6 is 23.1 Å². The van der Waals surface area contributed by atoms with Crippen LogP contribution in [0.5, 0.6) is 0 Å². The molecule has 6 nitrogen and oxygen atoms in total. The summed E-state index contributed by atoms with van der Waals surface area (Å²) in [6, 6.07) is 13.0. The molecule has 0 aliphatic heterocycles. The summed E-state index contributed by atoms with van der Waals surface area (Å²) in [7, 11) is 0. The quantitative estimate of drug-likeness (QED) is 0.506. The van der Waals surface area contributed by atoms with E-state index in [1.807, 2.05) is 47.8 Å². The van der Waals surface area contributed by atoms with Gasteiger partial charge in [-0.3, -0.25) is 14.9 Å². The molecule has 0 aliphatic carbocycles. The van der Waals surface area contributed by atoms with Crippen molar-refractivity contribution < 1.29 is 19.1 Å². The van der Waals surface area contributed by atoms with E-state index in [2.05, 4.69) is 10.6 Å². The van der Waals surface area contributed by atoms with Crippen molar-refractivity contribution in [2.75, 3.05) is 18.9 Å². The van der Waals surface area contributed by atoms with Gasteiger partial charge < -0.3 is 10.1 Å². The third kappa shape index (κ3) is 8.17. The van der Waals surface area contributed by atoms with Crippen LogP contribution in [0, 0.1) is 0 Å². The molecule has 0 radical (unpaired) electrons. The van der Waals surface area contributed by atoms with Gasteiger partial charge in [0.2, 0.25) is 0 Å². The van der Waals surface area contributed by atoms with Gasteiger partial charge in [0.05, 0.1) is 6.42 Å². The number of urea groups is 1. The fraction of sp³-hybridized carbons (Fsp3) is 0.278. The standard InChI is InChI=1S/C18H20N2O4S2/c21-16(20-18(23)19-10-8-15-7-4-11-25-15)13-24-17(22)9-12-26-14-5-2-1-3-6-14/h1-7,11H,8-10,12-13H2,(H2,19,20,21,23). The average molecular weight is 393 g/mol. The number of benzene rings is 1. The first-order valence-corrected chi connectivity index (χ1v) is 9.93. The molecule has 26 heavy (non-hydrogen) atoms. The highest BCUT2D eigenvalue weighted by Gasteiger charge is 2.11. The number of ether oxygens (including phenoxy) is 1. The van der Waals surface area contributed by atoms with Gasteiger partial charge in [0.15, 0.2) is 6.61 Å². The van der Waals surface area contributed by atoms with Gasteiger partial charge in [-0.1, -0.05) is 24.3 Å². The summed E-state index contributed by atoms with van der Waals surface area (Å²) in [5.41, 5.74) is 0. The summed E-state index contributed by atoms with van der Waals surface area (Å²) in [5, 5.41) is 6.68. The highest BCUT2D eigenvalue weighted by Crippen LogP contribution is 2.17. The Bertz CT molecular complexity index is 705. The molecule has 0 saturated carbocycles. The SMILES string of the molecule is O=C(COC(=O)CCSc1ccccc1)NC(=O)NCCc1cccs1. The molecule has 3 amide bonds. The topological polar surface area (TPSA) is 84.5 Å². The third-order valence-corrected chi connectivity index (χ3v) is 5.12. The molecule has 0 atom stereocenters. The van der Waals surface area contributed by atoms with Crippen molar-refractivity contribution in [2.45, 2.75) is 17.7 Å². The maximum atomic E-state index is 11.6. The van der Waals surface area contributed by atoms with E-state index >= 15 is 0 Å². The zero-order valence-electron chi connectivity index (χ0n) is 14.1. The van der Waals surface area contributed by atoms with E-state index in [4.69, 9.17) is 4.74 Å². The first-order valence-electron chi connectivity index (χ1n) is 8.07. The minimum atomic E-state index is -0.650. The first-order chi connectivity index (χ1) is 12.6. The number of carbonyl (C=O) groups excluding carboxylic acids is 3. The number of thiophene rings is 1. The Morgan fingerprint density at radius 2 is 1.88 bits per heavy atom. The third-order valence-electron chi connectivity index (χ3n) is 3.17. The minimum Gasteiger partial charge on any atom is -0.456 e. The van der Waals surface area contributed by atoms with Crippen molar-refractivity contribution in [3.8, 4) is 0 Å². The lowest BCUT2D eigenvalue weighted by molar-refractivity contribution is -0.147. The van der Waals surface area contributed by atoms with Crippen LogP contribution in [-0.4, -0.2) is 36.8 Å². The average Bonchev–Trinajstić information content (AvgIpc) is 3.14. The van der Waals surface area contributed by atoms with Crippen molar-refractivity contribution >= 4 is 41.0 Å². The fourth-order valence-electron chi connectivity index (χ4n) is 1.95. The highest BCUT2D eigenvalue weighted by atomic mass is 32.2. The first kappa shape index (κ1) is 20.0. The number of carbonyl (C=O) groups is 3. The monoisotopic (exact) mass is 392 g/mol. The van der Waals surface area contributed by atoms with Gasteiger partial charge in [0.1, 0.15) is 0 Å². The van der Waals surface area contributed by atoms with Gasteiger partial charge in [0, 0.05) is 22.1 Å². The van der Waals surface area contributed by atoms with Crippen molar-refractivity contribution in [3.63, 3.8) is 0 Å². The summed E-state index contributed by atoms with van der Waals surface area (Å²) in [4.78, 5) is 37.0. The smallest absolute Gasteiger partial charge is 0.321 e. The molecule has 0 saturated heterocycles. The number of thioether (sulfide) groups is 1. The number of hydrogen-bond acceptors (Lipinski definition) is 6. The summed E-state index contributed by atoms with van der Waals surface area (Å²) in [6.07, 6.45) is 0.896. The fourth-order valence-corrected chi connectivity index (χ4v) is 3.51. The molecule has 0 fully saturated rings. The maximum absolute atomic E-state index is 11.6. The largest absolute Gasteiger partial charge is 0.456 e. The molecule has 138 valence electrons. The number of rotatable bonds is 9. The Hall–Kier alpha value is -2.32. The summed E-state index contributed by atoms with van der Waals surface area (Å²) < 4.78 is 4.86. The Balaban J connectivity index is 1.53. The minimum absolute atomic E-state index is 0.194. The Morgan fingerprint density at radius 3 is 2.62 bits per heavy atom. The van der Waals surface area contributed by atoms with Crippen LogP contribution in [0.4, 0.5) is 4.79 Å². The molecule has 8 heteroatoms. The Labute approximate surface area is 160 Å². The van der Waals surface area contributed by atoms with Crippen molar-refractivity contribution in [1.29, 1.82) is 0 Å². The zero-order valence-corrected chi connectivity index (χ0v) is 15.7. The van der Waals surface area contributed by atoms with Crippen LogP contribution < -0.4 is 10.6 Å². The normalized spacial score (nSPS) is 10.2. The summed E-state index contributed by atoms with van der Waals surface area (Å²) >= 11 is 3.14. The molecular formula is C18H20N2O4S2. The van der Waals surface area contributed by atoms with Gasteiger partial charge in [-0.15, -0.1) is 23.1 Å². The molecule has 1 aromatic carbocycles. The highest BCUT2D eigenvalue weighted by molar-refractivity contribution is 7.99. The van der Waals surface area contributed by atoms with Crippen LogP contribution in [0.3, 0.4) is 0 Å². The molecule has 0 aliphatic rings. The molecule has 1 aromatic heterocycles. The van der Waals surface area contributed by atoms with Gasteiger partial charge in [-0.05, 0) is 30.0 Å². The van der Waals surface area contributed by atoms with E-state index in [-0.39, 0.29) is 6.42 Å². The molecule has 2 aromatic rings. The molecular weight excluding hydrogens is 372 g/mol. The van der Waals surface area contributed by atoms with Gasteiger partial charge >= 0.3 is 12.0 Å². The van der Waals surface area contributed by atoms with E-state index in [0.717, 1.165) is 9.77 Å². The molecule has 2 N–H and O–H groups in total. The summed E-state index contributed by atoms with van der Waals surface area (Å²) in [6.45, 7) is -0.0384. The maximum Gasteiger partial charge on any atom is 0.321 e. The number of esters is 1. The van der Waals surface area contributed by atoms with Crippen LogP contribution in [0.2, 0.25) is 0 Å². The van der Waals surface area contributed by atoms with E-state index in [1.54, 1.807) is 11.3 Å². The summed E-state index contributed by atoms with van der Waals surface area (Å²) in [5.74, 6) is -0.558. The predicted octanol–water partition coefficient (Wildman–Crippen LogP) is 2.84. The molecule has 0 bridgehead atoms. The van der Waals surface area contributed by atoms with Crippen LogP contribution in [0.1, 0.15) is 11.3 Å². The van der Waals surface area contributed by atoms with Gasteiger partial charge in [-0.2, -0.15) is 0 Å². The molecule has 0 unspecified atom stereocenters. The van der Waals surface area contributed by atoms with E-state index in [9.17, 15) is 14.4 Å². The lowest BCUT2D eigenvalue weighted by atomic mass is 10.3.